The molecule has 0 unspecified atom stereocenters. The summed E-state index contributed by atoms with van der Waals surface area (Å²) in [6, 6.07) is 0. The fraction of sp³-hybridized carbons (Fsp3) is 0.750. The lowest BCUT2D eigenvalue weighted by atomic mass is 9.86. The van der Waals surface area contributed by atoms with E-state index < -0.39 is 0 Å². The molecule has 0 bridgehead atoms. The van der Waals surface area contributed by atoms with Crippen LogP contribution in [0.1, 0.15) is 41.0 Å². The molecule has 1 aliphatic rings. The molecule has 0 spiro atoms. The molecule has 0 heterocycles. The van der Waals surface area contributed by atoms with Gasteiger partial charge in [0.25, 0.3) is 0 Å². The predicted molar refractivity (Wildman–Crippen MR) is 56.9 cm³/mol. The lowest BCUT2D eigenvalue weighted by Gasteiger charge is -2.15. The third kappa shape index (κ3) is 1.84. The fourth-order valence-corrected chi connectivity index (χ4v) is 1.96. The van der Waals surface area contributed by atoms with E-state index in [1.807, 2.05) is 34.6 Å². The van der Waals surface area contributed by atoms with Crippen LogP contribution in [0, 0.1) is 11.3 Å². The topological polar surface area (TPSA) is 26.3 Å². The standard InChI is InChI=1S/C12H20O2/c1-6-14-9-7-12(4,5)11(13)10(9)8(2)3/h8H,6-7H2,1-5H3. The molecule has 0 aliphatic heterocycles. The van der Waals surface area contributed by atoms with Crippen molar-refractivity contribution in [1.29, 1.82) is 0 Å². The van der Waals surface area contributed by atoms with Gasteiger partial charge in [-0.2, -0.15) is 0 Å². The number of Topliss-reactive ketones (excluding diaryl/α,β-unsaturated/α-hetero) is 1. The Labute approximate surface area is 86.3 Å². The third-order valence-electron chi connectivity index (χ3n) is 2.66. The lowest BCUT2D eigenvalue weighted by molar-refractivity contribution is -0.122. The second-order valence-electron chi connectivity index (χ2n) is 4.81. The maximum Gasteiger partial charge on any atom is 0.168 e. The number of ether oxygens (including phenoxy) is 1. The van der Waals surface area contributed by atoms with E-state index in [0.29, 0.717) is 6.61 Å². The van der Waals surface area contributed by atoms with Crippen LogP contribution in [0.15, 0.2) is 11.3 Å². The summed E-state index contributed by atoms with van der Waals surface area (Å²) >= 11 is 0. The summed E-state index contributed by atoms with van der Waals surface area (Å²) in [5, 5.41) is 0. The number of hydrogen-bond acceptors (Lipinski definition) is 2. The Morgan fingerprint density at radius 3 is 2.43 bits per heavy atom. The molecule has 0 atom stereocenters. The van der Waals surface area contributed by atoms with E-state index in [2.05, 4.69) is 0 Å². The zero-order chi connectivity index (χ0) is 10.9. The number of ketones is 1. The van der Waals surface area contributed by atoms with Crippen LogP contribution in [-0.4, -0.2) is 12.4 Å². The molecule has 0 aromatic carbocycles. The monoisotopic (exact) mass is 196 g/mol. The highest BCUT2D eigenvalue weighted by Gasteiger charge is 2.41. The molecule has 1 rings (SSSR count). The number of hydrogen-bond donors (Lipinski definition) is 0. The molecular formula is C12H20O2. The van der Waals surface area contributed by atoms with E-state index in [1.165, 1.54) is 0 Å². The maximum absolute atomic E-state index is 12.0. The minimum Gasteiger partial charge on any atom is -0.498 e. The summed E-state index contributed by atoms with van der Waals surface area (Å²) in [4.78, 5) is 12.0. The summed E-state index contributed by atoms with van der Waals surface area (Å²) < 4.78 is 5.54. The zero-order valence-corrected chi connectivity index (χ0v) is 9.81. The lowest BCUT2D eigenvalue weighted by Crippen LogP contribution is -2.21. The van der Waals surface area contributed by atoms with E-state index in [0.717, 1.165) is 17.8 Å². The number of carbonyl (C=O) groups is 1. The summed E-state index contributed by atoms with van der Waals surface area (Å²) in [5.41, 5.74) is 0.640. The normalized spacial score (nSPS) is 20.9. The van der Waals surface area contributed by atoms with Gasteiger partial charge in [0.2, 0.25) is 0 Å². The van der Waals surface area contributed by atoms with E-state index in [9.17, 15) is 4.79 Å². The van der Waals surface area contributed by atoms with Gasteiger partial charge in [-0.1, -0.05) is 27.7 Å². The first-order valence-electron chi connectivity index (χ1n) is 5.30. The smallest absolute Gasteiger partial charge is 0.168 e. The van der Waals surface area contributed by atoms with Gasteiger partial charge < -0.3 is 4.74 Å². The van der Waals surface area contributed by atoms with Crippen molar-refractivity contribution in [1.82, 2.24) is 0 Å². The van der Waals surface area contributed by atoms with Crippen molar-refractivity contribution in [2.75, 3.05) is 6.61 Å². The Bertz CT molecular complexity index is 272. The highest BCUT2D eigenvalue weighted by atomic mass is 16.5. The summed E-state index contributed by atoms with van der Waals surface area (Å²) in [6.07, 6.45) is 0.757. The van der Waals surface area contributed by atoms with Gasteiger partial charge in [0.15, 0.2) is 5.78 Å². The number of allylic oxidation sites excluding steroid dienone is 2. The molecule has 80 valence electrons. The molecule has 14 heavy (non-hydrogen) atoms. The molecule has 0 fully saturated rings. The average molecular weight is 196 g/mol. The quantitative estimate of drug-likeness (QED) is 0.693. The summed E-state index contributed by atoms with van der Waals surface area (Å²) in [6.45, 7) is 10.7. The van der Waals surface area contributed by atoms with Crippen LogP contribution >= 0.6 is 0 Å². The van der Waals surface area contributed by atoms with Crippen LogP contribution in [0.4, 0.5) is 0 Å². The molecule has 0 N–H and O–H groups in total. The van der Waals surface area contributed by atoms with Crippen molar-refractivity contribution in [2.24, 2.45) is 11.3 Å². The van der Waals surface area contributed by atoms with E-state index in [1.54, 1.807) is 0 Å². The Balaban J connectivity index is 3.01. The Morgan fingerprint density at radius 1 is 1.43 bits per heavy atom. The van der Waals surface area contributed by atoms with Crippen LogP contribution in [-0.2, 0) is 9.53 Å². The van der Waals surface area contributed by atoms with Crippen LogP contribution in [0.5, 0.6) is 0 Å². The van der Waals surface area contributed by atoms with Gasteiger partial charge in [-0.15, -0.1) is 0 Å². The molecule has 0 aromatic heterocycles. The van der Waals surface area contributed by atoms with Crippen molar-refractivity contribution < 1.29 is 9.53 Å². The van der Waals surface area contributed by atoms with Gasteiger partial charge in [-0.05, 0) is 12.8 Å². The molecule has 0 amide bonds. The molecule has 0 saturated carbocycles. The van der Waals surface area contributed by atoms with Gasteiger partial charge in [0.05, 0.1) is 6.61 Å². The summed E-state index contributed by atoms with van der Waals surface area (Å²) in [5.74, 6) is 1.44. The van der Waals surface area contributed by atoms with Crippen molar-refractivity contribution in [3.63, 3.8) is 0 Å². The first-order valence-corrected chi connectivity index (χ1v) is 5.30. The second kappa shape index (κ2) is 3.76. The minimum atomic E-state index is -0.260. The van der Waals surface area contributed by atoms with Crippen molar-refractivity contribution in [3.8, 4) is 0 Å². The maximum atomic E-state index is 12.0. The first-order chi connectivity index (χ1) is 6.40. The molecule has 1 aliphatic carbocycles. The van der Waals surface area contributed by atoms with Gasteiger partial charge >= 0.3 is 0 Å². The predicted octanol–water partition coefficient (Wildman–Crippen LogP) is 2.93. The molecule has 0 aromatic rings. The van der Waals surface area contributed by atoms with E-state index in [-0.39, 0.29) is 17.1 Å². The zero-order valence-electron chi connectivity index (χ0n) is 9.81. The van der Waals surface area contributed by atoms with Crippen molar-refractivity contribution in [2.45, 2.75) is 41.0 Å². The Kier molecular flexibility index (Phi) is 3.03. The Hall–Kier alpha value is -0.790. The Morgan fingerprint density at radius 2 is 2.00 bits per heavy atom. The molecule has 2 heteroatoms. The minimum absolute atomic E-state index is 0.260. The fourth-order valence-electron chi connectivity index (χ4n) is 1.96. The number of rotatable bonds is 3. The van der Waals surface area contributed by atoms with Crippen LogP contribution in [0.3, 0.4) is 0 Å². The highest BCUT2D eigenvalue weighted by molar-refractivity contribution is 6.02. The largest absolute Gasteiger partial charge is 0.498 e. The van der Waals surface area contributed by atoms with Crippen molar-refractivity contribution >= 4 is 5.78 Å². The highest BCUT2D eigenvalue weighted by Crippen LogP contribution is 2.41. The van der Waals surface area contributed by atoms with Crippen LogP contribution < -0.4 is 0 Å². The molecule has 2 nitrogen and oxygen atoms in total. The van der Waals surface area contributed by atoms with E-state index in [4.69, 9.17) is 4.74 Å². The SMILES string of the molecule is CCOC1=C(C(C)C)C(=O)C(C)(C)C1. The second-order valence-corrected chi connectivity index (χ2v) is 4.81. The van der Waals surface area contributed by atoms with Crippen LogP contribution in [0.25, 0.3) is 0 Å². The average Bonchev–Trinajstić information content (AvgIpc) is 2.23. The summed E-state index contributed by atoms with van der Waals surface area (Å²) in [7, 11) is 0. The van der Waals surface area contributed by atoms with E-state index >= 15 is 0 Å². The molecule has 0 saturated heterocycles. The van der Waals surface area contributed by atoms with Crippen LogP contribution in [0.2, 0.25) is 0 Å². The molecular weight excluding hydrogens is 176 g/mol. The first kappa shape index (κ1) is 11.3. The van der Waals surface area contributed by atoms with Gasteiger partial charge in [-0.3, -0.25) is 4.79 Å². The van der Waals surface area contributed by atoms with Crippen molar-refractivity contribution in [3.05, 3.63) is 11.3 Å². The van der Waals surface area contributed by atoms with Gasteiger partial charge in [0, 0.05) is 17.4 Å². The number of carbonyl (C=O) groups excluding carboxylic acids is 1. The third-order valence-corrected chi connectivity index (χ3v) is 2.66. The van der Waals surface area contributed by atoms with Gasteiger partial charge in [-0.25, -0.2) is 0 Å². The molecule has 0 radical (unpaired) electrons. The van der Waals surface area contributed by atoms with Gasteiger partial charge in [0.1, 0.15) is 5.76 Å².